The van der Waals surface area contributed by atoms with E-state index in [4.69, 9.17) is 4.74 Å². The molecule has 16 heavy (non-hydrogen) atoms. The van der Waals surface area contributed by atoms with Gasteiger partial charge in [0.25, 0.3) is 5.91 Å². The van der Waals surface area contributed by atoms with Gasteiger partial charge in [0, 0.05) is 25.5 Å². The van der Waals surface area contributed by atoms with Gasteiger partial charge in [-0.3, -0.25) is 9.78 Å². The second kappa shape index (κ2) is 4.57. The Labute approximate surface area is 94.5 Å². The standard InChI is InChI=1S/C11H15N3O2/c1-8-6-14(7-9(2)16-8)11(15)10-5-12-3-4-13-10/h3-5,8-9H,6-7H2,1-2H3. The number of nitrogens with zero attached hydrogens (tertiary/aromatic N) is 3. The molecule has 1 aromatic heterocycles. The van der Waals surface area contributed by atoms with Crippen LogP contribution in [0.25, 0.3) is 0 Å². The van der Waals surface area contributed by atoms with Gasteiger partial charge in [0.2, 0.25) is 0 Å². The van der Waals surface area contributed by atoms with Crippen molar-refractivity contribution in [3.63, 3.8) is 0 Å². The Balaban J connectivity index is 2.10. The maximum atomic E-state index is 12.1. The van der Waals surface area contributed by atoms with Crippen molar-refractivity contribution in [3.05, 3.63) is 24.3 Å². The molecule has 5 nitrogen and oxygen atoms in total. The fraction of sp³-hybridized carbons (Fsp3) is 0.545. The Morgan fingerprint density at radius 2 is 2.06 bits per heavy atom. The summed E-state index contributed by atoms with van der Waals surface area (Å²) in [6.45, 7) is 5.15. The van der Waals surface area contributed by atoms with Crippen LogP contribution in [0.2, 0.25) is 0 Å². The van der Waals surface area contributed by atoms with Gasteiger partial charge in [-0.2, -0.15) is 0 Å². The van der Waals surface area contributed by atoms with E-state index in [2.05, 4.69) is 9.97 Å². The van der Waals surface area contributed by atoms with Gasteiger partial charge < -0.3 is 9.64 Å². The molecule has 1 saturated heterocycles. The summed E-state index contributed by atoms with van der Waals surface area (Å²) in [6.07, 6.45) is 4.73. The zero-order valence-corrected chi connectivity index (χ0v) is 9.46. The van der Waals surface area contributed by atoms with E-state index in [0.29, 0.717) is 18.8 Å². The summed E-state index contributed by atoms with van der Waals surface area (Å²) in [5.74, 6) is -0.0740. The van der Waals surface area contributed by atoms with Crippen molar-refractivity contribution in [2.75, 3.05) is 13.1 Å². The van der Waals surface area contributed by atoms with Gasteiger partial charge in [-0.05, 0) is 13.8 Å². The van der Waals surface area contributed by atoms with Crippen molar-refractivity contribution in [1.82, 2.24) is 14.9 Å². The molecular formula is C11H15N3O2. The van der Waals surface area contributed by atoms with E-state index in [9.17, 15) is 4.79 Å². The van der Waals surface area contributed by atoms with Crippen molar-refractivity contribution in [1.29, 1.82) is 0 Å². The van der Waals surface area contributed by atoms with Crippen LogP contribution < -0.4 is 0 Å². The maximum absolute atomic E-state index is 12.1. The van der Waals surface area contributed by atoms with Crippen LogP contribution in [-0.4, -0.2) is 46.1 Å². The van der Waals surface area contributed by atoms with Gasteiger partial charge >= 0.3 is 0 Å². The lowest BCUT2D eigenvalue weighted by Gasteiger charge is -2.35. The molecule has 2 heterocycles. The minimum Gasteiger partial charge on any atom is -0.372 e. The number of rotatable bonds is 1. The molecule has 0 radical (unpaired) electrons. The van der Waals surface area contributed by atoms with Crippen LogP contribution >= 0.6 is 0 Å². The van der Waals surface area contributed by atoms with E-state index in [1.54, 1.807) is 11.1 Å². The summed E-state index contributed by atoms with van der Waals surface area (Å²) in [7, 11) is 0. The first kappa shape index (κ1) is 11.0. The average Bonchev–Trinajstić information content (AvgIpc) is 2.28. The first-order valence-corrected chi connectivity index (χ1v) is 5.37. The summed E-state index contributed by atoms with van der Waals surface area (Å²) in [5.41, 5.74) is 0.392. The van der Waals surface area contributed by atoms with Crippen LogP contribution in [0.1, 0.15) is 24.3 Å². The number of carbonyl (C=O) groups is 1. The fourth-order valence-electron chi connectivity index (χ4n) is 1.92. The van der Waals surface area contributed by atoms with Crippen LogP contribution in [0.3, 0.4) is 0 Å². The summed E-state index contributed by atoms with van der Waals surface area (Å²) < 4.78 is 5.57. The molecule has 1 aliphatic rings. The number of aromatic nitrogens is 2. The van der Waals surface area contributed by atoms with E-state index in [0.717, 1.165) is 0 Å². The molecule has 1 aromatic rings. The van der Waals surface area contributed by atoms with E-state index >= 15 is 0 Å². The molecule has 5 heteroatoms. The van der Waals surface area contributed by atoms with Crippen LogP contribution in [0.15, 0.2) is 18.6 Å². The van der Waals surface area contributed by atoms with Crippen molar-refractivity contribution in [2.45, 2.75) is 26.1 Å². The van der Waals surface area contributed by atoms with Gasteiger partial charge in [-0.25, -0.2) is 4.98 Å². The predicted octanol–water partition coefficient (Wildman–Crippen LogP) is 0.726. The molecule has 2 rings (SSSR count). The van der Waals surface area contributed by atoms with E-state index < -0.39 is 0 Å². The third-order valence-corrected chi connectivity index (χ3v) is 2.49. The zero-order valence-electron chi connectivity index (χ0n) is 9.46. The number of amides is 1. The highest BCUT2D eigenvalue weighted by atomic mass is 16.5. The second-order valence-corrected chi connectivity index (χ2v) is 4.06. The summed E-state index contributed by atoms with van der Waals surface area (Å²) in [6, 6.07) is 0. The Morgan fingerprint density at radius 1 is 1.38 bits per heavy atom. The van der Waals surface area contributed by atoms with Crippen molar-refractivity contribution < 1.29 is 9.53 Å². The van der Waals surface area contributed by atoms with Gasteiger partial charge in [0.15, 0.2) is 0 Å². The van der Waals surface area contributed by atoms with E-state index in [-0.39, 0.29) is 18.1 Å². The number of hydrogen-bond donors (Lipinski definition) is 0. The van der Waals surface area contributed by atoms with E-state index in [1.165, 1.54) is 12.4 Å². The maximum Gasteiger partial charge on any atom is 0.274 e. The summed E-state index contributed by atoms with van der Waals surface area (Å²) in [4.78, 5) is 21.7. The normalized spacial score (nSPS) is 25.5. The highest BCUT2D eigenvalue weighted by Gasteiger charge is 2.27. The molecule has 0 N–H and O–H groups in total. The molecule has 86 valence electrons. The number of ether oxygens (including phenoxy) is 1. The van der Waals surface area contributed by atoms with Gasteiger partial charge in [0.1, 0.15) is 5.69 Å². The predicted molar refractivity (Wildman–Crippen MR) is 57.9 cm³/mol. The molecule has 0 spiro atoms. The third-order valence-electron chi connectivity index (χ3n) is 2.49. The van der Waals surface area contributed by atoms with E-state index in [1.807, 2.05) is 13.8 Å². The molecule has 0 saturated carbocycles. The van der Waals surface area contributed by atoms with Gasteiger partial charge in [-0.1, -0.05) is 0 Å². The third kappa shape index (κ3) is 2.36. The smallest absolute Gasteiger partial charge is 0.274 e. The molecule has 2 atom stereocenters. The molecule has 2 unspecified atom stereocenters. The highest BCUT2D eigenvalue weighted by molar-refractivity contribution is 5.92. The number of hydrogen-bond acceptors (Lipinski definition) is 4. The fourth-order valence-corrected chi connectivity index (χ4v) is 1.92. The number of morpholine rings is 1. The molecular weight excluding hydrogens is 206 g/mol. The molecule has 0 aliphatic carbocycles. The zero-order chi connectivity index (χ0) is 11.5. The lowest BCUT2D eigenvalue weighted by Crippen LogP contribution is -2.48. The Kier molecular flexibility index (Phi) is 3.14. The second-order valence-electron chi connectivity index (χ2n) is 4.06. The van der Waals surface area contributed by atoms with Crippen molar-refractivity contribution in [3.8, 4) is 0 Å². The highest BCUT2D eigenvalue weighted by Crippen LogP contribution is 2.12. The minimum atomic E-state index is -0.0740. The van der Waals surface area contributed by atoms with Crippen LogP contribution in [0.4, 0.5) is 0 Å². The minimum absolute atomic E-state index is 0.0735. The Hall–Kier alpha value is -1.49. The van der Waals surface area contributed by atoms with Crippen LogP contribution in [-0.2, 0) is 4.74 Å². The molecule has 1 amide bonds. The first-order chi connectivity index (χ1) is 7.66. The van der Waals surface area contributed by atoms with Gasteiger partial charge in [0.05, 0.1) is 18.4 Å². The van der Waals surface area contributed by atoms with Crippen molar-refractivity contribution >= 4 is 5.91 Å². The quantitative estimate of drug-likeness (QED) is 0.701. The number of carbonyl (C=O) groups excluding carboxylic acids is 1. The SMILES string of the molecule is CC1CN(C(=O)c2cnccn2)CC(C)O1. The van der Waals surface area contributed by atoms with Crippen LogP contribution in [0, 0.1) is 0 Å². The Morgan fingerprint density at radius 3 is 2.62 bits per heavy atom. The lowest BCUT2D eigenvalue weighted by molar-refractivity contribution is -0.0587. The lowest BCUT2D eigenvalue weighted by atomic mass is 10.2. The largest absolute Gasteiger partial charge is 0.372 e. The van der Waals surface area contributed by atoms with Gasteiger partial charge in [-0.15, -0.1) is 0 Å². The van der Waals surface area contributed by atoms with Crippen LogP contribution in [0.5, 0.6) is 0 Å². The Bertz CT molecular complexity index is 359. The molecule has 0 aromatic carbocycles. The summed E-state index contributed by atoms with van der Waals surface area (Å²) >= 11 is 0. The average molecular weight is 221 g/mol. The monoisotopic (exact) mass is 221 g/mol. The summed E-state index contributed by atoms with van der Waals surface area (Å²) in [5, 5.41) is 0. The molecule has 1 aliphatic heterocycles. The van der Waals surface area contributed by atoms with Crippen molar-refractivity contribution in [2.24, 2.45) is 0 Å². The molecule has 1 fully saturated rings. The topological polar surface area (TPSA) is 55.3 Å². The first-order valence-electron chi connectivity index (χ1n) is 5.37. The molecule has 0 bridgehead atoms.